The first-order chi connectivity index (χ1) is 14.2. The number of nitrogens with one attached hydrogen (secondary N) is 2. The molecule has 2 saturated heterocycles. The molecule has 168 valence electrons. The number of unbranched alkanes of at least 4 members (excludes halogenated alkanes) is 2. The SMILES string of the molecule is CN=C(NCCCCCN1CCCCC1)N1CCN(CC(=O)NCCOC)CC1. The lowest BCUT2D eigenvalue weighted by atomic mass is 10.1. The van der Waals surface area contributed by atoms with Crippen molar-refractivity contribution in [3.63, 3.8) is 0 Å². The molecule has 0 radical (unpaired) electrons. The Bertz CT molecular complexity index is 474. The number of amides is 1. The fourth-order valence-corrected chi connectivity index (χ4v) is 4.02. The van der Waals surface area contributed by atoms with Crippen molar-refractivity contribution in [2.75, 3.05) is 86.2 Å². The first-order valence-electron chi connectivity index (χ1n) is 11.4. The van der Waals surface area contributed by atoms with Gasteiger partial charge in [-0.15, -0.1) is 0 Å². The van der Waals surface area contributed by atoms with E-state index in [0.29, 0.717) is 19.7 Å². The van der Waals surface area contributed by atoms with Gasteiger partial charge < -0.3 is 25.2 Å². The molecule has 0 aromatic rings. The number of carbonyl (C=O) groups excluding carboxylic acids is 1. The summed E-state index contributed by atoms with van der Waals surface area (Å²) in [4.78, 5) is 23.5. The second-order valence-electron chi connectivity index (χ2n) is 8.04. The smallest absolute Gasteiger partial charge is 0.234 e. The van der Waals surface area contributed by atoms with Crippen LogP contribution in [0.4, 0.5) is 0 Å². The Hall–Kier alpha value is -1.38. The number of guanidine groups is 1. The third-order valence-corrected chi connectivity index (χ3v) is 5.76. The lowest BCUT2D eigenvalue weighted by molar-refractivity contribution is -0.122. The van der Waals surface area contributed by atoms with E-state index >= 15 is 0 Å². The average molecular weight is 411 g/mol. The quantitative estimate of drug-likeness (QED) is 0.295. The van der Waals surface area contributed by atoms with Gasteiger partial charge in [0.05, 0.1) is 13.2 Å². The molecule has 2 aliphatic rings. The molecule has 29 heavy (non-hydrogen) atoms. The zero-order chi connectivity index (χ0) is 20.7. The Morgan fingerprint density at radius 3 is 2.34 bits per heavy atom. The van der Waals surface area contributed by atoms with E-state index in [2.05, 4.69) is 30.3 Å². The maximum atomic E-state index is 11.9. The zero-order valence-electron chi connectivity index (χ0n) is 18.6. The molecule has 1 amide bonds. The molecule has 0 atom stereocenters. The third kappa shape index (κ3) is 9.78. The Morgan fingerprint density at radius 2 is 1.66 bits per heavy atom. The first-order valence-corrected chi connectivity index (χ1v) is 11.4. The van der Waals surface area contributed by atoms with E-state index in [1.54, 1.807) is 7.11 Å². The summed E-state index contributed by atoms with van der Waals surface area (Å²) in [6.07, 6.45) is 7.93. The number of aliphatic imine (C=N–C) groups is 1. The second kappa shape index (κ2) is 14.6. The molecular formula is C21H42N6O2. The zero-order valence-corrected chi connectivity index (χ0v) is 18.6. The largest absolute Gasteiger partial charge is 0.383 e. The molecule has 2 heterocycles. The number of carbonyl (C=O) groups is 1. The van der Waals surface area contributed by atoms with Crippen molar-refractivity contribution in [1.29, 1.82) is 0 Å². The molecule has 0 unspecified atom stereocenters. The number of rotatable bonds is 11. The number of likely N-dealkylation sites (tertiary alicyclic amines) is 1. The van der Waals surface area contributed by atoms with Crippen molar-refractivity contribution in [2.45, 2.75) is 38.5 Å². The molecule has 2 rings (SSSR count). The van der Waals surface area contributed by atoms with Gasteiger partial charge in [0.15, 0.2) is 5.96 Å². The van der Waals surface area contributed by atoms with Gasteiger partial charge in [0, 0.05) is 53.4 Å². The maximum Gasteiger partial charge on any atom is 0.234 e. The van der Waals surface area contributed by atoms with Crippen LogP contribution in [-0.4, -0.2) is 113 Å². The highest BCUT2D eigenvalue weighted by Crippen LogP contribution is 2.10. The standard InChI is InChI=1S/C21H42N6O2/c1-22-21(24-9-5-3-6-11-25-12-7-4-8-13-25)27-16-14-26(15-17-27)19-20(28)23-10-18-29-2/h3-19H2,1-2H3,(H,22,24)(H,23,28). The highest BCUT2D eigenvalue weighted by molar-refractivity contribution is 5.80. The summed E-state index contributed by atoms with van der Waals surface area (Å²) in [5.74, 6) is 1.06. The van der Waals surface area contributed by atoms with E-state index in [0.717, 1.165) is 38.7 Å². The fourth-order valence-electron chi connectivity index (χ4n) is 4.02. The van der Waals surface area contributed by atoms with Crippen LogP contribution in [0.5, 0.6) is 0 Å². The molecule has 8 heteroatoms. The third-order valence-electron chi connectivity index (χ3n) is 5.76. The summed E-state index contributed by atoms with van der Waals surface area (Å²) in [5, 5.41) is 6.40. The molecular weight excluding hydrogens is 368 g/mol. The van der Waals surface area contributed by atoms with Gasteiger partial charge >= 0.3 is 0 Å². The lowest BCUT2D eigenvalue weighted by Gasteiger charge is -2.36. The monoisotopic (exact) mass is 410 g/mol. The Labute approximate surface area is 177 Å². The van der Waals surface area contributed by atoms with Gasteiger partial charge in [0.1, 0.15) is 0 Å². The highest BCUT2D eigenvalue weighted by atomic mass is 16.5. The van der Waals surface area contributed by atoms with Gasteiger partial charge in [-0.3, -0.25) is 14.7 Å². The van der Waals surface area contributed by atoms with Gasteiger partial charge in [-0.1, -0.05) is 12.8 Å². The summed E-state index contributed by atoms with van der Waals surface area (Å²) in [5.41, 5.74) is 0. The van der Waals surface area contributed by atoms with Crippen LogP contribution < -0.4 is 10.6 Å². The van der Waals surface area contributed by atoms with Gasteiger partial charge in [-0.05, 0) is 45.3 Å². The van der Waals surface area contributed by atoms with E-state index in [9.17, 15) is 4.79 Å². The van der Waals surface area contributed by atoms with Crippen molar-refractivity contribution in [1.82, 2.24) is 25.3 Å². The van der Waals surface area contributed by atoms with E-state index in [1.807, 2.05) is 7.05 Å². The minimum absolute atomic E-state index is 0.0718. The summed E-state index contributed by atoms with van der Waals surface area (Å²) in [7, 11) is 3.50. The molecule has 0 aliphatic carbocycles. The molecule has 8 nitrogen and oxygen atoms in total. The number of ether oxygens (including phenoxy) is 1. The first kappa shape index (κ1) is 23.9. The molecule has 0 aromatic heterocycles. The Balaban J connectivity index is 1.53. The van der Waals surface area contributed by atoms with E-state index < -0.39 is 0 Å². The van der Waals surface area contributed by atoms with Crippen LogP contribution >= 0.6 is 0 Å². The van der Waals surface area contributed by atoms with E-state index in [1.165, 1.54) is 58.2 Å². The molecule has 0 aromatic carbocycles. The fraction of sp³-hybridized carbons (Fsp3) is 0.905. The van der Waals surface area contributed by atoms with Crippen LogP contribution in [0.2, 0.25) is 0 Å². The van der Waals surface area contributed by atoms with Crippen LogP contribution in [-0.2, 0) is 9.53 Å². The predicted molar refractivity (Wildman–Crippen MR) is 118 cm³/mol. The number of nitrogens with zero attached hydrogens (tertiary/aromatic N) is 4. The summed E-state index contributed by atoms with van der Waals surface area (Å²) < 4.78 is 4.96. The Kier molecular flexibility index (Phi) is 12.0. The van der Waals surface area contributed by atoms with Crippen LogP contribution in [0.25, 0.3) is 0 Å². The molecule has 0 saturated carbocycles. The number of piperazine rings is 1. The summed E-state index contributed by atoms with van der Waals surface area (Å²) >= 11 is 0. The minimum atomic E-state index is 0.0718. The van der Waals surface area contributed by atoms with Gasteiger partial charge in [0.2, 0.25) is 5.91 Å². The number of piperidine rings is 1. The van der Waals surface area contributed by atoms with Gasteiger partial charge in [0.25, 0.3) is 0 Å². The van der Waals surface area contributed by atoms with Crippen LogP contribution in [0.15, 0.2) is 4.99 Å². The van der Waals surface area contributed by atoms with Crippen LogP contribution in [0.3, 0.4) is 0 Å². The maximum absolute atomic E-state index is 11.9. The molecule has 0 spiro atoms. The lowest BCUT2D eigenvalue weighted by Crippen LogP contribution is -2.54. The summed E-state index contributed by atoms with van der Waals surface area (Å²) in [6.45, 7) is 9.99. The Morgan fingerprint density at radius 1 is 0.897 bits per heavy atom. The van der Waals surface area contributed by atoms with Gasteiger partial charge in [-0.25, -0.2) is 0 Å². The van der Waals surface area contributed by atoms with Crippen LogP contribution in [0, 0.1) is 0 Å². The molecule has 2 fully saturated rings. The van der Waals surface area contributed by atoms with Crippen molar-refractivity contribution in [3.05, 3.63) is 0 Å². The van der Waals surface area contributed by atoms with Crippen molar-refractivity contribution < 1.29 is 9.53 Å². The van der Waals surface area contributed by atoms with Crippen LogP contribution in [0.1, 0.15) is 38.5 Å². The van der Waals surface area contributed by atoms with Gasteiger partial charge in [-0.2, -0.15) is 0 Å². The van der Waals surface area contributed by atoms with Crippen molar-refractivity contribution in [2.24, 2.45) is 4.99 Å². The number of methoxy groups -OCH3 is 1. The number of hydrogen-bond donors (Lipinski definition) is 2. The summed E-state index contributed by atoms with van der Waals surface area (Å²) in [6, 6.07) is 0. The molecule has 0 bridgehead atoms. The van der Waals surface area contributed by atoms with Crippen molar-refractivity contribution in [3.8, 4) is 0 Å². The van der Waals surface area contributed by atoms with Crippen molar-refractivity contribution >= 4 is 11.9 Å². The molecule has 2 N–H and O–H groups in total. The predicted octanol–water partition coefficient (Wildman–Crippen LogP) is 0.598. The topological polar surface area (TPSA) is 72.4 Å². The number of hydrogen-bond acceptors (Lipinski definition) is 5. The average Bonchev–Trinajstić information content (AvgIpc) is 2.75. The normalized spacial score (nSPS) is 19.4. The van der Waals surface area contributed by atoms with E-state index in [4.69, 9.17) is 4.74 Å². The minimum Gasteiger partial charge on any atom is -0.383 e. The van der Waals surface area contributed by atoms with E-state index in [-0.39, 0.29) is 5.91 Å². The highest BCUT2D eigenvalue weighted by Gasteiger charge is 2.20. The molecule has 2 aliphatic heterocycles. The second-order valence-corrected chi connectivity index (χ2v) is 8.04.